The van der Waals surface area contributed by atoms with Crippen molar-refractivity contribution in [2.75, 3.05) is 7.11 Å². The van der Waals surface area contributed by atoms with Gasteiger partial charge in [-0.25, -0.2) is 9.59 Å². The van der Waals surface area contributed by atoms with Crippen LogP contribution in [0.5, 0.6) is 0 Å². The number of alkyl carbamates (subject to hydrolysis) is 1. The van der Waals surface area contributed by atoms with Gasteiger partial charge in [0.15, 0.2) is 0 Å². The molecular formula is C18H18ClNO4. The van der Waals surface area contributed by atoms with Crippen molar-refractivity contribution in [2.24, 2.45) is 0 Å². The Bertz CT molecular complexity index is 690. The van der Waals surface area contributed by atoms with E-state index in [1.54, 1.807) is 18.2 Å². The molecular weight excluding hydrogens is 330 g/mol. The Morgan fingerprint density at radius 3 is 2.42 bits per heavy atom. The Balaban J connectivity index is 1.97. The third-order valence-electron chi connectivity index (χ3n) is 3.37. The maximum absolute atomic E-state index is 11.9. The van der Waals surface area contributed by atoms with Gasteiger partial charge in [0.2, 0.25) is 0 Å². The van der Waals surface area contributed by atoms with Crippen molar-refractivity contribution in [3.05, 3.63) is 70.7 Å². The predicted molar refractivity (Wildman–Crippen MR) is 90.7 cm³/mol. The quantitative estimate of drug-likeness (QED) is 0.814. The lowest BCUT2D eigenvalue weighted by Crippen LogP contribution is -2.43. The summed E-state index contributed by atoms with van der Waals surface area (Å²) in [5, 5.41) is 3.04. The summed E-state index contributed by atoms with van der Waals surface area (Å²) < 4.78 is 9.87. The summed E-state index contributed by atoms with van der Waals surface area (Å²) in [6.45, 7) is 0.118. The molecule has 0 aliphatic rings. The van der Waals surface area contributed by atoms with E-state index in [0.717, 1.165) is 11.1 Å². The lowest BCUT2D eigenvalue weighted by Gasteiger charge is -2.17. The van der Waals surface area contributed by atoms with Gasteiger partial charge in [-0.15, -0.1) is 0 Å². The Kier molecular flexibility index (Phi) is 6.63. The maximum atomic E-state index is 11.9. The molecule has 2 aromatic carbocycles. The number of esters is 1. The van der Waals surface area contributed by atoms with Gasteiger partial charge in [-0.05, 0) is 17.2 Å². The minimum absolute atomic E-state index is 0.118. The van der Waals surface area contributed by atoms with Crippen LogP contribution in [0, 0.1) is 0 Å². The first-order valence-corrected chi connectivity index (χ1v) is 7.76. The monoisotopic (exact) mass is 347 g/mol. The van der Waals surface area contributed by atoms with Gasteiger partial charge in [-0.1, -0.05) is 60.1 Å². The van der Waals surface area contributed by atoms with Crippen molar-refractivity contribution < 1.29 is 19.1 Å². The molecule has 24 heavy (non-hydrogen) atoms. The second-order valence-corrected chi connectivity index (χ2v) is 5.48. The van der Waals surface area contributed by atoms with Crippen LogP contribution in [0.1, 0.15) is 11.1 Å². The molecule has 0 heterocycles. The van der Waals surface area contributed by atoms with Gasteiger partial charge in [0.05, 0.1) is 7.11 Å². The molecule has 0 fully saturated rings. The molecule has 2 aromatic rings. The highest BCUT2D eigenvalue weighted by Gasteiger charge is 2.23. The molecule has 0 aromatic heterocycles. The van der Waals surface area contributed by atoms with Gasteiger partial charge < -0.3 is 14.8 Å². The number of ether oxygens (including phenoxy) is 2. The second kappa shape index (κ2) is 8.93. The van der Waals surface area contributed by atoms with E-state index in [9.17, 15) is 9.59 Å². The van der Waals surface area contributed by atoms with E-state index in [1.807, 2.05) is 36.4 Å². The van der Waals surface area contributed by atoms with Crippen LogP contribution in [-0.4, -0.2) is 25.2 Å². The number of nitrogens with one attached hydrogen (secondary N) is 1. The van der Waals surface area contributed by atoms with Crippen LogP contribution in [0.15, 0.2) is 54.6 Å². The van der Waals surface area contributed by atoms with Crippen LogP contribution >= 0.6 is 11.6 Å². The smallest absolute Gasteiger partial charge is 0.408 e. The van der Waals surface area contributed by atoms with E-state index in [1.165, 1.54) is 7.11 Å². The Morgan fingerprint density at radius 2 is 1.75 bits per heavy atom. The third kappa shape index (κ3) is 5.28. The number of carbonyl (C=O) groups excluding carboxylic acids is 2. The Labute approximate surface area is 145 Å². The van der Waals surface area contributed by atoms with Gasteiger partial charge in [0.25, 0.3) is 0 Å². The van der Waals surface area contributed by atoms with Crippen LogP contribution in [0.25, 0.3) is 0 Å². The first-order valence-electron chi connectivity index (χ1n) is 7.38. The normalized spacial score (nSPS) is 11.4. The van der Waals surface area contributed by atoms with Gasteiger partial charge in [-0.3, -0.25) is 0 Å². The minimum atomic E-state index is -0.877. The molecule has 1 amide bonds. The molecule has 0 bridgehead atoms. The zero-order chi connectivity index (χ0) is 17.4. The number of benzene rings is 2. The summed E-state index contributed by atoms with van der Waals surface area (Å²) in [5.74, 6) is -0.563. The molecule has 0 radical (unpaired) electrons. The van der Waals surface area contributed by atoms with Crippen LogP contribution in [0.4, 0.5) is 4.79 Å². The van der Waals surface area contributed by atoms with Crippen LogP contribution in [0.3, 0.4) is 0 Å². The summed E-state index contributed by atoms with van der Waals surface area (Å²) in [5.41, 5.74) is 1.59. The molecule has 0 unspecified atom stereocenters. The first-order chi connectivity index (χ1) is 11.6. The molecule has 2 rings (SSSR count). The summed E-state index contributed by atoms with van der Waals surface area (Å²) >= 11 is 6.10. The first kappa shape index (κ1) is 17.8. The zero-order valence-corrected chi connectivity index (χ0v) is 14.0. The summed E-state index contributed by atoms with van der Waals surface area (Å²) in [6, 6.07) is 15.5. The Hall–Kier alpha value is -2.53. The van der Waals surface area contributed by atoms with Gasteiger partial charge >= 0.3 is 12.1 Å². The molecule has 0 saturated carbocycles. The fourth-order valence-corrected chi connectivity index (χ4v) is 2.34. The molecule has 0 aliphatic carbocycles. The molecule has 6 heteroatoms. The number of amides is 1. The molecule has 5 nitrogen and oxygen atoms in total. The van der Waals surface area contributed by atoms with E-state index in [4.69, 9.17) is 21.1 Å². The summed E-state index contributed by atoms with van der Waals surface area (Å²) in [7, 11) is 1.26. The topological polar surface area (TPSA) is 64.6 Å². The lowest BCUT2D eigenvalue weighted by atomic mass is 10.1. The van der Waals surface area contributed by atoms with E-state index >= 15 is 0 Å². The molecule has 0 aliphatic heterocycles. The minimum Gasteiger partial charge on any atom is -0.467 e. The largest absolute Gasteiger partial charge is 0.467 e. The van der Waals surface area contributed by atoms with E-state index in [-0.39, 0.29) is 13.0 Å². The second-order valence-electron chi connectivity index (χ2n) is 5.08. The average Bonchev–Trinajstić information content (AvgIpc) is 2.61. The lowest BCUT2D eigenvalue weighted by molar-refractivity contribution is -0.143. The molecule has 0 saturated heterocycles. The number of methoxy groups -OCH3 is 1. The van der Waals surface area contributed by atoms with Crippen LogP contribution in [-0.2, 0) is 27.3 Å². The van der Waals surface area contributed by atoms with E-state index < -0.39 is 18.1 Å². The highest BCUT2D eigenvalue weighted by Crippen LogP contribution is 2.17. The zero-order valence-electron chi connectivity index (χ0n) is 13.2. The van der Waals surface area contributed by atoms with Crippen molar-refractivity contribution in [1.82, 2.24) is 5.32 Å². The highest BCUT2D eigenvalue weighted by molar-refractivity contribution is 6.31. The van der Waals surface area contributed by atoms with Crippen molar-refractivity contribution in [3.63, 3.8) is 0 Å². The van der Waals surface area contributed by atoms with Crippen LogP contribution in [0.2, 0.25) is 5.02 Å². The van der Waals surface area contributed by atoms with Crippen LogP contribution < -0.4 is 5.32 Å². The summed E-state index contributed by atoms with van der Waals surface area (Å²) in [4.78, 5) is 23.9. The SMILES string of the molecule is COC(=O)[C@H](Cc1ccccc1Cl)NC(=O)OCc1ccccc1. The summed E-state index contributed by atoms with van der Waals surface area (Å²) in [6.07, 6.45) is -0.478. The molecule has 0 spiro atoms. The van der Waals surface area contributed by atoms with Gasteiger partial charge in [0, 0.05) is 11.4 Å². The highest BCUT2D eigenvalue weighted by atomic mass is 35.5. The predicted octanol–water partition coefficient (Wildman–Crippen LogP) is 3.35. The molecule has 1 atom stereocenters. The fourth-order valence-electron chi connectivity index (χ4n) is 2.13. The van der Waals surface area contributed by atoms with Crippen molar-refractivity contribution in [2.45, 2.75) is 19.1 Å². The number of hydrogen-bond donors (Lipinski definition) is 1. The van der Waals surface area contributed by atoms with E-state index in [2.05, 4.69) is 5.32 Å². The number of halogens is 1. The van der Waals surface area contributed by atoms with Gasteiger partial charge in [0.1, 0.15) is 12.6 Å². The Morgan fingerprint density at radius 1 is 1.08 bits per heavy atom. The number of hydrogen-bond acceptors (Lipinski definition) is 4. The molecule has 126 valence electrons. The van der Waals surface area contributed by atoms with Gasteiger partial charge in [-0.2, -0.15) is 0 Å². The fraction of sp³-hybridized carbons (Fsp3) is 0.222. The number of carbonyl (C=O) groups is 2. The standard InChI is InChI=1S/C18H18ClNO4/c1-23-17(21)16(11-14-9-5-6-10-15(14)19)20-18(22)24-12-13-7-3-2-4-8-13/h2-10,16H,11-12H2,1H3,(H,20,22)/t16-/m0/s1. The third-order valence-corrected chi connectivity index (χ3v) is 3.74. The number of rotatable bonds is 6. The average molecular weight is 348 g/mol. The van der Waals surface area contributed by atoms with Crippen molar-refractivity contribution in [3.8, 4) is 0 Å². The maximum Gasteiger partial charge on any atom is 0.408 e. The van der Waals surface area contributed by atoms with E-state index in [0.29, 0.717) is 5.02 Å². The van der Waals surface area contributed by atoms with Crippen molar-refractivity contribution in [1.29, 1.82) is 0 Å². The van der Waals surface area contributed by atoms with Crippen molar-refractivity contribution >= 4 is 23.7 Å². The molecule has 1 N–H and O–H groups in total.